The first kappa shape index (κ1) is 14.6. The second kappa shape index (κ2) is 7.09. The molecule has 7 heteroatoms. The van der Waals surface area contributed by atoms with Gasteiger partial charge in [0.25, 0.3) is 0 Å². The summed E-state index contributed by atoms with van der Waals surface area (Å²) in [6.45, 7) is 0.0880. The van der Waals surface area contributed by atoms with Crippen LogP contribution >= 0.6 is 0 Å². The Hall–Kier alpha value is -2.83. The Kier molecular flexibility index (Phi) is 4.92. The number of aromatic amines is 1. The quantitative estimate of drug-likeness (QED) is 0.744. The van der Waals surface area contributed by atoms with Gasteiger partial charge in [0.1, 0.15) is 12.6 Å². The molecular formula is C14H15N3O4. The molecule has 0 saturated carbocycles. The van der Waals surface area contributed by atoms with Crippen molar-refractivity contribution in [2.45, 2.75) is 19.1 Å². The Morgan fingerprint density at radius 1 is 1.29 bits per heavy atom. The lowest BCUT2D eigenvalue weighted by molar-refractivity contribution is -0.139. The molecule has 1 aromatic heterocycles. The number of carboxylic acid groups (broad SMARTS) is 1. The summed E-state index contributed by atoms with van der Waals surface area (Å²) in [6, 6.07) is 8.08. The van der Waals surface area contributed by atoms with E-state index < -0.39 is 18.1 Å². The number of H-pyrrole nitrogens is 1. The molecule has 0 fully saturated rings. The van der Waals surface area contributed by atoms with Gasteiger partial charge in [-0.1, -0.05) is 30.3 Å². The number of carbonyl (C=O) groups excluding carboxylic acids is 1. The summed E-state index contributed by atoms with van der Waals surface area (Å²) in [6.07, 6.45) is 2.45. The third kappa shape index (κ3) is 4.64. The van der Waals surface area contributed by atoms with Gasteiger partial charge in [-0.05, 0) is 11.1 Å². The lowest BCUT2D eigenvalue weighted by atomic mass is 10.1. The molecule has 0 spiro atoms. The standard InChI is InChI=1S/C14H15N3O4/c18-13(19)12(6-11-7-15-16-8-11)17-14(20)21-9-10-4-2-1-3-5-10/h1-5,7-8,12H,6,9H2,(H,15,16)(H,17,20)(H,18,19)/t12-/m0/s1. The van der Waals surface area contributed by atoms with Crippen LogP contribution in [-0.2, 0) is 22.6 Å². The van der Waals surface area contributed by atoms with E-state index in [0.717, 1.165) is 5.56 Å². The molecule has 0 radical (unpaired) electrons. The topological polar surface area (TPSA) is 104 Å². The minimum Gasteiger partial charge on any atom is -0.480 e. The van der Waals surface area contributed by atoms with E-state index in [9.17, 15) is 9.59 Å². The van der Waals surface area contributed by atoms with E-state index in [1.165, 1.54) is 6.20 Å². The molecule has 0 unspecified atom stereocenters. The second-order valence-corrected chi connectivity index (χ2v) is 4.41. The molecule has 1 heterocycles. The smallest absolute Gasteiger partial charge is 0.408 e. The van der Waals surface area contributed by atoms with E-state index in [2.05, 4.69) is 15.5 Å². The number of alkyl carbamates (subject to hydrolysis) is 1. The minimum absolute atomic E-state index is 0.0880. The second-order valence-electron chi connectivity index (χ2n) is 4.41. The van der Waals surface area contributed by atoms with Crippen LogP contribution in [0.2, 0.25) is 0 Å². The van der Waals surface area contributed by atoms with Gasteiger partial charge in [-0.15, -0.1) is 0 Å². The zero-order chi connectivity index (χ0) is 15.1. The lowest BCUT2D eigenvalue weighted by Gasteiger charge is -2.13. The van der Waals surface area contributed by atoms with Crippen molar-refractivity contribution in [2.75, 3.05) is 0 Å². The average Bonchev–Trinajstić information content (AvgIpc) is 2.98. The van der Waals surface area contributed by atoms with Gasteiger partial charge in [-0.2, -0.15) is 5.10 Å². The number of hydrogen-bond donors (Lipinski definition) is 3. The number of benzene rings is 1. The third-order valence-corrected chi connectivity index (χ3v) is 2.80. The summed E-state index contributed by atoms with van der Waals surface area (Å²) in [7, 11) is 0. The summed E-state index contributed by atoms with van der Waals surface area (Å²) >= 11 is 0. The fourth-order valence-electron chi connectivity index (χ4n) is 1.73. The van der Waals surface area contributed by atoms with Gasteiger partial charge in [0.15, 0.2) is 0 Å². The van der Waals surface area contributed by atoms with Gasteiger partial charge in [0.05, 0.1) is 6.20 Å². The highest BCUT2D eigenvalue weighted by molar-refractivity contribution is 5.80. The Morgan fingerprint density at radius 2 is 2.05 bits per heavy atom. The third-order valence-electron chi connectivity index (χ3n) is 2.80. The van der Waals surface area contributed by atoms with Crippen LogP contribution in [0, 0.1) is 0 Å². The number of rotatable bonds is 6. The highest BCUT2D eigenvalue weighted by Gasteiger charge is 2.21. The molecule has 7 nitrogen and oxygen atoms in total. The number of carboxylic acids is 1. The first-order chi connectivity index (χ1) is 10.1. The molecule has 0 aliphatic carbocycles. The Morgan fingerprint density at radius 3 is 2.67 bits per heavy atom. The molecule has 2 rings (SSSR count). The predicted octanol–water partition coefficient (Wildman–Crippen LogP) is 1.33. The van der Waals surface area contributed by atoms with Crippen LogP contribution in [0.3, 0.4) is 0 Å². The number of aliphatic carboxylic acids is 1. The molecule has 0 aliphatic rings. The number of hydrogen-bond acceptors (Lipinski definition) is 4. The number of ether oxygens (including phenoxy) is 1. The fourth-order valence-corrected chi connectivity index (χ4v) is 1.73. The van der Waals surface area contributed by atoms with E-state index in [0.29, 0.717) is 5.56 Å². The number of amides is 1. The van der Waals surface area contributed by atoms with E-state index in [4.69, 9.17) is 9.84 Å². The van der Waals surface area contributed by atoms with Crippen molar-refractivity contribution in [3.05, 3.63) is 53.9 Å². The monoisotopic (exact) mass is 289 g/mol. The van der Waals surface area contributed by atoms with Crippen molar-refractivity contribution >= 4 is 12.1 Å². The van der Waals surface area contributed by atoms with Crippen LogP contribution in [0.4, 0.5) is 4.79 Å². The zero-order valence-corrected chi connectivity index (χ0v) is 11.2. The van der Waals surface area contributed by atoms with E-state index in [-0.39, 0.29) is 13.0 Å². The molecule has 110 valence electrons. The van der Waals surface area contributed by atoms with Gasteiger partial charge in [-0.25, -0.2) is 9.59 Å². The highest BCUT2D eigenvalue weighted by Crippen LogP contribution is 2.03. The van der Waals surface area contributed by atoms with Crippen molar-refractivity contribution in [2.24, 2.45) is 0 Å². The summed E-state index contributed by atoms with van der Waals surface area (Å²) in [5.41, 5.74) is 1.51. The van der Waals surface area contributed by atoms with Crippen LogP contribution in [0.25, 0.3) is 0 Å². The molecule has 21 heavy (non-hydrogen) atoms. The minimum atomic E-state index is -1.13. The molecule has 1 atom stereocenters. The van der Waals surface area contributed by atoms with Crippen LogP contribution in [0.1, 0.15) is 11.1 Å². The lowest BCUT2D eigenvalue weighted by Crippen LogP contribution is -2.42. The van der Waals surface area contributed by atoms with Crippen molar-refractivity contribution in [1.82, 2.24) is 15.5 Å². The first-order valence-corrected chi connectivity index (χ1v) is 6.33. The van der Waals surface area contributed by atoms with Gasteiger partial charge < -0.3 is 15.2 Å². The molecular weight excluding hydrogens is 274 g/mol. The summed E-state index contributed by atoms with van der Waals surface area (Å²) in [5.74, 6) is -1.13. The molecule has 1 aromatic carbocycles. The highest BCUT2D eigenvalue weighted by atomic mass is 16.5. The van der Waals surface area contributed by atoms with Crippen molar-refractivity contribution < 1.29 is 19.4 Å². The molecule has 3 N–H and O–H groups in total. The van der Waals surface area contributed by atoms with Gasteiger partial charge in [-0.3, -0.25) is 5.10 Å². The van der Waals surface area contributed by atoms with Crippen LogP contribution in [0.5, 0.6) is 0 Å². The SMILES string of the molecule is O=C(N[C@@H](Cc1cn[nH]c1)C(=O)O)OCc1ccccc1. The molecule has 0 saturated heterocycles. The molecule has 0 aliphatic heterocycles. The fraction of sp³-hybridized carbons (Fsp3) is 0.214. The average molecular weight is 289 g/mol. The van der Waals surface area contributed by atoms with Crippen LogP contribution in [0.15, 0.2) is 42.7 Å². The Labute approximate surface area is 120 Å². The molecule has 1 amide bonds. The van der Waals surface area contributed by atoms with Crippen molar-refractivity contribution in [3.8, 4) is 0 Å². The number of aromatic nitrogens is 2. The van der Waals surface area contributed by atoms with E-state index in [1.807, 2.05) is 30.3 Å². The maximum Gasteiger partial charge on any atom is 0.408 e. The summed E-state index contributed by atoms with van der Waals surface area (Å²) < 4.78 is 4.99. The zero-order valence-electron chi connectivity index (χ0n) is 11.2. The maximum atomic E-state index is 11.6. The number of nitrogens with one attached hydrogen (secondary N) is 2. The van der Waals surface area contributed by atoms with Gasteiger partial charge >= 0.3 is 12.1 Å². The van der Waals surface area contributed by atoms with Crippen molar-refractivity contribution in [3.63, 3.8) is 0 Å². The van der Waals surface area contributed by atoms with Crippen LogP contribution < -0.4 is 5.32 Å². The van der Waals surface area contributed by atoms with E-state index in [1.54, 1.807) is 6.20 Å². The predicted molar refractivity (Wildman–Crippen MR) is 73.5 cm³/mol. The molecule has 2 aromatic rings. The largest absolute Gasteiger partial charge is 0.480 e. The van der Waals surface area contributed by atoms with Gasteiger partial charge in [0.2, 0.25) is 0 Å². The maximum absolute atomic E-state index is 11.6. The normalized spacial score (nSPS) is 11.6. The number of nitrogens with zero attached hydrogens (tertiary/aromatic N) is 1. The Bertz CT molecular complexity index is 584. The number of carbonyl (C=O) groups is 2. The Balaban J connectivity index is 1.85. The summed E-state index contributed by atoms with van der Waals surface area (Å²) in [5, 5.41) is 17.7. The van der Waals surface area contributed by atoms with Crippen molar-refractivity contribution in [1.29, 1.82) is 0 Å². The molecule has 0 bridgehead atoms. The summed E-state index contributed by atoms with van der Waals surface area (Å²) in [4.78, 5) is 22.8. The van der Waals surface area contributed by atoms with Gasteiger partial charge in [0, 0.05) is 12.6 Å². The first-order valence-electron chi connectivity index (χ1n) is 6.33. The van der Waals surface area contributed by atoms with E-state index >= 15 is 0 Å². The van der Waals surface area contributed by atoms with Crippen LogP contribution in [-0.4, -0.2) is 33.4 Å².